The van der Waals surface area contributed by atoms with Gasteiger partial charge in [0.05, 0.1) is 24.0 Å². The number of pyridine rings is 1. The molecule has 1 aromatic heterocycles. The first-order valence-corrected chi connectivity index (χ1v) is 7.00. The van der Waals surface area contributed by atoms with Crippen LogP contribution in [0.15, 0.2) is 6.07 Å². The first kappa shape index (κ1) is 15.3. The first-order chi connectivity index (χ1) is 10.0. The zero-order chi connectivity index (χ0) is 15.4. The largest absolute Gasteiger partial charge is 0.373 e. The van der Waals surface area contributed by atoms with Crippen molar-refractivity contribution in [3.05, 3.63) is 22.9 Å². The number of aromatic nitrogens is 1. The van der Waals surface area contributed by atoms with Crippen molar-refractivity contribution in [2.45, 2.75) is 26.9 Å². The fourth-order valence-electron chi connectivity index (χ4n) is 2.44. The normalized spacial score (nSPS) is 18.2. The monoisotopic (exact) mass is 288 g/mol. The lowest BCUT2D eigenvalue weighted by Gasteiger charge is -2.32. The molecule has 112 valence electrons. The maximum absolute atomic E-state index is 11.4. The van der Waals surface area contributed by atoms with Gasteiger partial charge < -0.3 is 15.0 Å². The van der Waals surface area contributed by atoms with Gasteiger partial charge in [-0.05, 0) is 25.5 Å². The first-order valence-electron chi connectivity index (χ1n) is 7.00. The molecule has 0 aliphatic carbocycles. The Morgan fingerprint density at radius 3 is 3.00 bits per heavy atom. The van der Waals surface area contributed by atoms with Crippen LogP contribution in [-0.4, -0.2) is 48.1 Å². The van der Waals surface area contributed by atoms with Crippen LogP contribution >= 0.6 is 0 Å². The molecule has 0 radical (unpaired) electrons. The van der Waals surface area contributed by atoms with E-state index in [0.717, 1.165) is 17.1 Å². The van der Waals surface area contributed by atoms with E-state index in [1.807, 2.05) is 19.9 Å². The lowest BCUT2D eigenvalue weighted by atomic mass is 10.1. The van der Waals surface area contributed by atoms with E-state index in [-0.39, 0.29) is 12.0 Å². The SMILES string of the molecule is CC(=O)N1CCOC(CNc2cc(C)c(C#N)c(C)n2)C1. The Hall–Kier alpha value is -2.13. The van der Waals surface area contributed by atoms with Crippen LogP contribution in [0.3, 0.4) is 0 Å². The lowest BCUT2D eigenvalue weighted by Crippen LogP contribution is -2.47. The molecule has 2 rings (SSSR count). The van der Waals surface area contributed by atoms with Crippen LogP contribution in [0.4, 0.5) is 5.82 Å². The van der Waals surface area contributed by atoms with E-state index in [1.165, 1.54) is 0 Å². The van der Waals surface area contributed by atoms with Crippen LogP contribution in [-0.2, 0) is 9.53 Å². The number of ether oxygens (including phenoxy) is 1. The van der Waals surface area contributed by atoms with Crippen molar-refractivity contribution in [2.75, 3.05) is 31.6 Å². The van der Waals surface area contributed by atoms with E-state index in [1.54, 1.807) is 11.8 Å². The molecule has 6 heteroatoms. The molecule has 1 aliphatic heterocycles. The zero-order valence-electron chi connectivity index (χ0n) is 12.6. The Morgan fingerprint density at radius 2 is 2.38 bits per heavy atom. The molecule has 1 aromatic rings. The summed E-state index contributed by atoms with van der Waals surface area (Å²) in [4.78, 5) is 17.5. The lowest BCUT2D eigenvalue weighted by molar-refractivity contribution is -0.135. The van der Waals surface area contributed by atoms with Gasteiger partial charge in [0.25, 0.3) is 0 Å². The number of morpholine rings is 1. The molecule has 1 atom stereocenters. The summed E-state index contributed by atoms with van der Waals surface area (Å²) in [5, 5.41) is 12.3. The minimum atomic E-state index is -0.0410. The minimum absolute atomic E-state index is 0.0410. The highest BCUT2D eigenvalue weighted by molar-refractivity contribution is 5.73. The number of amides is 1. The van der Waals surface area contributed by atoms with Gasteiger partial charge in [-0.15, -0.1) is 0 Å². The zero-order valence-corrected chi connectivity index (χ0v) is 12.6. The van der Waals surface area contributed by atoms with E-state index in [2.05, 4.69) is 16.4 Å². The van der Waals surface area contributed by atoms with Crippen molar-refractivity contribution >= 4 is 11.7 Å². The summed E-state index contributed by atoms with van der Waals surface area (Å²) < 4.78 is 5.65. The van der Waals surface area contributed by atoms with Gasteiger partial charge in [0.2, 0.25) is 5.91 Å². The van der Waals surface area contributed by atoms with Crippen molar-refractivity contribution in [3.8, 4) is 6.07 Å². The molecule has 1 fully saturated rings. The quantitative estimate of drug-likeness (QED) is 0.905. The summed E-state index contributed by atoms with van der Waals surface area (Å²) in [7, 11) is 0. The summed E-state index contributed by atoms with van der Waals surface area (Å²) in [6.07, 6.45) is -0.0410. The van der Waals surface area contributed by atoms with Crippen LogP contribution in [0.5, 0.6) is 0 Å². The minimum Gasteiger partial charge on any atom is -0.373 e. The fraction of sp³-hybridized carbons (Fsp3) is 0.533. The van der Waals surface area contributed by atoms with Gasteiger partial charge in [0.15, 0.2) is 0 Å². The molecule has 1 amide bonds. The van der Waals surface area contributed by atoms with Crippen molar-refractivity contribution < 1.29 is 9.53 Å². The Morgan fingerprint density at radius 1 is 1.62 bits per heavy atom. The smallest absolute Gasteiger partial charge is 0.219 e. The summed E-state index contributed by atoms with van der Waals surface area (Å²) in [5.74, 6) is 0.805. The highest BCUT2D eigenvalue weighted by Gasteiger charge is 2.22. The van der Waals surface area contributed by atoms with Gasteiger partial charge in [0, 0.05) is 26.6 Å². The second-order valence-corrected chi connectivity index (χ2v) is 5.24. The number of carbonyl (C=O) groups excluding carboxylic acids is 1. The summed E-state index contributed by atoms with van der Waals surface area (Å²) in [5.41, 5.74) is 2.24. The average molecular weight is 288 g/mol. The molecule has 2 heterocycles. The Kier molecular flexibility index (Phi) is 4.76. The van der Waals surface area contributed by atoms with Crippen LogP contribution in [0.1, 0.15) is 23.7 Å². The van der Waals surface area contributed by atoms with E-state index >= 15 is 0 Å². The van der Waals surface area contributed by atoms with Gasteiger partial charge in [-0.1, -0.05) is 0 Å². The molecular formula is C15H20N4O2. The molecule has 1 unspecified atom stereocenters. The molecular weight excluding hydrogens is 268 g/mol. The second kappa shape index (κ2) is 6.55. The average Bonchev–Trinajstić information content (AvgIpc) is 2.45. The summed E-state index contributed by atoms with van der Waals surface area (Å²) in [6.45, 7) is 7.69. The second-order valence-electron chi connectivity index (χ2n) is 5.24. The van der Waals surface area contributed by atoms with Crippen molar-refractivity contribution in [1.29, 1.82) is 5.26 Å². The van der Waals surface area contributed by atoms with E-state index in [9.17, 15) is 4.79 Å². The predicted octanol–water partition coefficient (Wildman–Crippen LogP) is 1.23. The molecule has 1 saturated heterocycles. The summed E-state index contributed by atoms with van der Waals surface area (Å²) in [6, 6.07) is 4.01. The summed E-state index contributed by atoms with van der Waals surface area (Å²) >= 11 is 0. The third kappa shape index (κ3) is 3.70. The number of hydrogen-bond donors (Lipinski definition) is 1. The van der Waals surface area contributed by atoms with Crippen molar-refractivity contribution in [1.82, 2.24) is 9.88 Å². The van der Waals surface area contributed by atoms with Crippen molar-refractivity contribution in [2.24, 2.45) is 0 Å². The van der Waals surface area contributed by atoms with Gasteiger partial charge in [0.1, 0.15) is 11.9 Å². The Bertz CT molecular complexity index is 557. The van der Waals surface area contributed by atoms with Gasteiger partial charge in [-0.25, -0.2) is 4.98 Å². The topological polar surface area (TPSA) is 78.2 Å². The van der Waals surface area contributed by atoms with Crippen LogP contribution in [0.25, 0.3) is 0 Å². The number of nitrogens with one attached hydrogen (secondary N) is 1. The van der Waals surface area contributed by atoms with Crippen LogP contribution in [0.2, 0.25) is 0 Å². The Labute approximate surface area is 124 Å². The molecule has 0 aromatic carbocycles. The number of anilines is 1. The predicted molar refractivity (Wildman–Crippen MR) is 78.9 cm³/mol. The number of carbonyl (C=O) groups is 1. The van der Waals surface area contributed by atoms with Crippen LogP contribution in [0, 0.1) is 25.2 Å². The van der Waals surface area contributed by atoms with Gasteiger partial charge >= 0.3 is 0 Å². The number of rotatable bonds is 3. The van der Waals surface area contributed by atoms with Crippen LogP contribution < -0.4 is 5.32 Å². The fourth-order valence-corrected chi connectivity index (χ4v) is 2.44. The highest BCUT2D eigenvalue weighted by atomic mass is 16.5. The van der Waals surface area contributed by atoms with Gasteiger partial charge in [-0.2, -0.15) is 5.26 Å². The molecule has 1 aliphatic rings. The maximum atomic E-state index is 11.4. The number of nitriles is 1. The van der Waals surface area contributed by atoms with E-state index < -0.39 is 0 Å². The highest BCUT2D eigenvalue weighted by Crippen LogP contribution is 2.16. The standard InChI is InChI=1S/C15H20N4O2/c1-10-6-15(18-11(2)14(10)7-16)17-8-13-9-19(12(3)20)4-5-21-13/h6,13H,4-5,8-9H2,1-3H3,(H,17,18). The Balaban J connectivity index is 1.97. The van der Waals surface area contributed by atoms with E-state index in [4.69, 9.17) is 10.00 Å². The maximum Gasteiger partial charge on any atom is 0.219 e. The molecule has 0 saturated carbocycles. The number of nitrogens with zero attached hydrogens (tertiary/aromatic N) is 3. The molecule has 1 N–H and O–H groups in total. The third-order valence-corrected chi connectivity index (χ3v) is 3.60. The molecule has 0 bridgehead atoms. The molecule has 0 spiro atoms. The van der Waals surface area contributed by atoms with E-state index in [0.29, 0.717) is 31.8 Å². The number of hydrogen-bond acceptors (Lipinski definition) is 5. The number of aryl methyl sites for hydroxylation is 2. The van der Waals surface area contributed by atoms with Gasteiger partial charge in [-0.3, -0.25) is 4.79 Å². The molecule has 21 heavy (non-hydrogen) atoms. The molecule has 6 nitrogen and oxygen atoms in total. The third-order valence-electron chi connectivity index (χ3n) is 3.60. The van der Waals surface area contributed by atoms with Crippen molar-refractivity contribution in [3.63, 3.8) is 0 Å².